The molecule has 1 aliphatic heterocycles. The Morgan fingerprint density at radius 2 is 1.72 bits per heavy atom. The summed E-state index contributed by atoms with van der Waals surface area (Å²) in [5.74, 6) is 1.30. The number of fused-ring (bicyclic) bond motifs is 1. The molecule has 2 amide bonds. The molecule has 0 saturated carbocycles. The molecule has 0 N–H and O–H groups in total. The Bertz CT molecular complexity index is 1320. The molecule has 0 aromatic heterocycles. The van der Waals surface area contributed by atoms with E-state index < -0.39 is 0 Å². The molecule has 1 aliphatic rings. The molecule has 0 radical (unpaired) electrons. The zero-order valence-electron chi connectivity index (χ0n) is 23.5. The number of halogens is 1. The van der Waals surface area contributed by atoms with Crippen molar-refractivity contribution in [3.8, 4) is 11.5 Å². The molecule has 6 nitrogen and oxygen atoms in total. The number of ether oxygens (including phenoxy) is 2. The number of hydrogen-bond acceptors (Lipinski definition) is 4. The lowest BCUT2D eigenvalue weighted by molar-refractivity contribution is -0.130. The highest BCUT2D eigenvalue weighted by atomic mass is 35.5. The quantitative estimate of drug-likeness (QED) is 0.285. The second-order valence-electron chi connectivity index (χ2n) is 10.0. The minimum absolute atomic E-state index is 0.0134. The van der Waals surface area contributed by atoms with Crippen LogP contribution in [-0.2, 0) is 16.0 Å². The van der Waals surface area contributed by atoms with Crippen molar-refractivity contribution < 1.29 is 19.1 Å². The van der Waals surface area contributed by atoms with E-state index in [9.17, 15) is 9.59 Å². The molecule has 39 heavy (non-hydrogen) atoms. The van der Waals surface area contributed by atoms with Gasteiger partial charge in [0.1, 0.15) is 0 Å². The van der Waals surface area contributed by atoms with Gasteiger partial charge in [-0.15, -0.1) is 0 Å². The van der Waals surface area contributed by atoms with Crippen molar-refractivity contribution in [1.82, 2.24) is 4.90 Å². The summed E-state index contributed by atoms with van der Waals surface area (Å²) in [6, 6.07) is 19.0. The maximum Gasteiger partial charge on any atom is 0.232 e. The highest BCUT2D eigenvalue weighted by Crippen LogP contribution is 2.44. The van der Waals surface area contributed by atoms with Gasteiger partial charge < -0.3 is 19.3 Å². The summed E-state index contributed by atoms with van der Waals surface area (Å²) in [7, 11) is 1.62. The fraction of sp³-hybridized carbons (Fsp3) is 0.375. The molecule has 3 aromatic rings. The molecule has 3 aromatic carbocycles. The number of nitrogens with zero attached hydrogens (tertiary/aromatic N) is 2. The van der Waals surface area contributed by atoms with Crippen LogP contribution in [0.25, 0.3) is 0 Å². The van der Waals surface area contributed by atoms with Gasteiger partial charge in [0.2, 0.25) is 11.8 Å². The lowest BCUT2D eigenvalue weighted by atomic mass is 9.86. The van der Waals surface area contributed by atoms with Crippen molar-refractivity contribution in [3.63, 3.8) is 0 Å². The van der Waals surface area contributed by atoms with Gasteiger partial charge in [-0.25, -0.2) is 0 Å². The Labute approximate surface area is 236 Å². The largest absolute Gasteiger partial charge is 0.493 e. The highest BCUT2D eigenvalue weighted by molar-refractivity contribution is 6.30. The van der Waals surface area contributed by atoms with E-state index in [1.54, 1.807) is 14.0 Å². The molecule has 4 rings (SSSR count). The van der Waals surface area contributed by atoms with Crippen LogP contribution in [0.5, 0.6) is 11.5 Å². The first-order valence-electron chi connectivity index (χ1n) is 13.5. The van der Waals surface area contributed by atoms with Gasteiger partial charge >= 0.3 is 0 Å². The molecule has 0 spiro atoms. The average molecular weight is 549 g/mol. The van der Waals surface area contributed by atoms with E-state index >= 15 is 0 Å². The van der Waals surface area contributed by atoms with Gasteiger partial charge in [-0.3, -0.25) is 9.59 Å². The van der Waals surface area contributed by atoms with Gasteiger partial charge in [0.05, 0.1) is 31.7 Å². The molecular weight excluding hydrogens is 512 g/mol. The molecular formula is C32H37ClN2O4. The van der Waals surface area contributed by atoms with Gasteiger partial charge in [-0.1, -0.05) is 42.8 Å². The van der Waals surface area contributed by atoms with E-state index in [1.807, 2.05) is 91.2 Å². The molecule has 3 unspecified atom stereocenters. The Hall–Kier alpha value is -3.51. The molecule has 7 heteroatoms. The second kappa shape index (κ2) is 12.1. The lowest BCUT2D eigenvalue weighted by Crippen LogP contribution is -2.41. The van der Waals surface area contributed by atoms with E-state index in [0.29, 0.717) is 23.1 Å². The summed E-state index contributed by atoms with van der Waals surface area (Å²) >= 11 is 6.23. The van der Waals surface area contributed by atoms with E-state index in [0.717, 1.165) is 34.4 Å². The van der Waals surface area contributed by atoms with Crippen LogP contribution in [0, 0.1) is 0 Å². The van der Waals surface area contributed by atoms with Crippen LogP contribution in [0.15, 0.2) is 60.7 Å². The Morgan fingerprint density at radius 1 is 1.05 bits per heavy atom. The van der Waals surface area contributed by atoms with Gasteiger partial charge in [0.15, 0.2) is 11.5 Å². The average Bonchev–Trinajstić information content (AvgIpc) is 2.93. The number of carbonyl (C=O) groups excluding carboxylic acids is 2. The van der Waals surface area contributed by atoms with Crippen molar-refractivity contribution in [2.24, 2.45) is 0 Å². The summed E-state index contributed by atoms with van der Waals surface area (Å²) in [5.41, 5.74) is 4.64. The van der Waals surface area contributed by atoms with Gasteiger partial charge in [0.25, 0.3) is 0 Å². The second-order valence-corrected chi connectivity index (χ2v) is 10.4. The van der Waals surface area contributed by atoms with Crippen molar-refractivity contribution in [1.29, 1.82) is 0 Å². The van der Waals surface area contributed by atoms with Crippen LogP contribution >= 0.6 is 11.6 Å². The maximum atomic E-state index is 13.8. The molecule has 206 valence electrons. The third-order valence-electron chi connectivity index (χ3n) is 7.54. The molecule has 0 saturated heterocycles. The van der Waals surface area contributed by atoms with Crippen molar-refractivity contribution in [3.05, 3.63) is 87.9 Å². The Balaban J connectivity index is 1.82. The minimum atomic E-state index is -0.378. The number of anilines is 1. The predicted molar refractivity (Wildman–Crippen MR) is 156 cm³/mol. The van der Waals surface area contributed by atoms with Gasteiger partial charge in [-0.2, -0.15) is 0 Å². The first kappa shape index (κ1) is 28.5. The fourth-order valence-electron chi connectivity index (χ4n) is 5.24. The van der Waals surface area contributed by atoms with Gasteiger partial charge in [0, 0.05) is 24.2 Å². The molecule has 0 fully saturated rings. The zero-order valence-corrected chi connectivity index (χ0v) is 24.3. The molecule has 3 atom stereocenters. The maximum absolute atomic E-state index is 13.8. The first-order valence-corrected chi connectivity index (χ1v) is 13.9. The molecule has 1 heterocycles. The number of methoxy groups -OCH3 is 1. The van der Waals surface area contributed by atoms with E-state index in [4.69, 9.17) is 21.1 Å². The van der Waals surface area contributed by atoms with Crippen molar-refractivity contribution in [2.75, 3.05) is 18.6 Å². The van der Waals surface area contributed by atoms with E-state index in [2.05, 4.69) is 6.92 Å². The zero-order chi connectivity index (χ0) is 28.3. The monoisotopic (exact) mass is 548 g/mol. The normalized spacial score (nSPS) is 16.3. The molecule has 0 bridgehead atoms. The highest BCUT2D eigenvalue weighted by Gasteiger charge is 2.36. The predicted octanol–water partition coefficient (Wildman–Crippen LogP) is 7.13. The van der Waals surface area contributed by atoms with Gasteiger partial charge in [-0.05, 0) is 85.8 Å². The van der Waals surface area contributed by atoms with Crippen LogP contribution < -0.4 is 14.4 Å². The number of benzene rings is 3. The third kappa shape index (κ3) is 5.91. The third-order valence-corrected chi connectivity index (χ3v) is 7.80. The van der Waals surface area contributed by atoms with Crippen LogP contribution in [-0.4, -0.2) is 36.5 Å². The van der Waals surface area contributed by atoms with Crippen LogP contribution in [0.2, 0.25) is 5.02 Å². The summed E-state index contributed by atoms with van der Waals surface area (Å²) in [6.07, 6.45) is 1.11. The van der Waals surface area contributed by atoms with Crippen LogP contribution in [0.4, 0.5) is 5.69 Å². The smallest absolute Gasteiger partial charge is 0.232 e. The van der Waals surface area contributed by atoms with Crippen LogP contribution in [0.1, 0.15) is 75.4 Å². The summed E-state index contributed by atoms with van der Waals surface area (Å²) in [5, 5.41) is 0.632. The van der Waals surface area contributed by atoms with E-state index in [-0.39, 0.29) is 36.4 Å². The summed E-state index contributed by atoms with van der Waals surface area (Å²) in [6.45, 7) is 10.3. The topological polar surface area (TPSA) is 59.1 Å². The standard InChI is InChI=1S/C32H37ClN2O4/c1-7-20(3)39-30-19-28-25(17-29(30)38-6)18-31(37)35(32(28)24-9-13-26(33)14-10-24)27-15-11-23(12-16-27)21(4)34(8-2)22(5)36/h9-17,19-21,32H,7-8,18H2,1-6H3. The Morgan fingerprint density at radius 3 is 2.28 bits per heavy atom. The minimum Gasteiger partial charge on any atom is -0.493 e. The fourth-order valence-corrected chi connectivity index (χ4v) is 5.36. The van der Waals surface area contributed by atoms with Crippen LogP contribution in [0.3, 0.4) is 0 Å². The number of hydrogen-bond donors (Lipinski definition) is 0. The number of rotatable bonds is 9. The Kier molecular flexibility index (Phi) is 8.86. The SMILES string of the molecule is CCC(C)Oc1cc2c(cc1OC)CC(=O)N(c1ccc(C(C)N(CC)C(C)=O)cc1)C2c1ccc(Cl)cc1. The first-order chi connectivity index (χ1) is 18.7. The molecule has 0 aliphatic carbocycles. The van der Waals surface area contributed by atoms with E-state index in [1.165, 1.54) is 0 Å². The van der Waals surface area contributed by atoms with Crippen molar-refractivity contribution >= 4 is 29.1 Å². The number of amides is 2. The summed E-state index contributed by atoms with van der Waals surface area (Å²) < 4.78 is 11.9. The lowest BCUT2D eigenvalue weighted by Gasteiger charge is -2.38. The summed E-state index contributed by atoms with van der Waals surface area (Å²) in [4.78, 5) is 29.5. The number of carbonyl (C=O) groups is 2. The van der Waals surface area contributed by atoms with Crippen molar-refractivity contribution in [2.45, 2.75) is 65.6 Å².